The highest BCUT2D eigenvalue weighted by Gasteiger charge is 2.61. The quantitative estimate of drug-likeness (QED) is 0.251. The van der Waals surface area contributed by atoms with Gasteiger partial charge in [0.2, 0.25) is 6.79 Å². The van der Waals surface area contributed by atoms with Gasteiger partial charge in [-0.25, -0.2) is 4.79 Å². The molecule has 0 saturated carbocycles. The van der Waals surface area contributed by atoms with Gasteiger partial charge in [0.15, 0.2) is 40.0 Å². The van der Waals surface area contributed by atoms with Gasteiger partial charge in [0.05, 0.1) is 44.2 Å². The molecule has 15 heteroatoms. The standard InChI is InChI=1S/C41H47N3O11S/c1-8-51-27-13-21-9-10-42-41(23(21)14-26(27)49-6)16-56-38-30-29(37-36(53-17-54-37)19(3)35(30)55-20(4)45)25(15-52-40(41)48)44-32(38)31-28-22(12-24(39(44)47)43(31)5)11-18(2)34(50-7)33(28)46/h11,13-14,24-25,31-32,38-39,42,46-47H,8-10,12,15-17H2,1-7H3/t24-,25-,31+,32?,38-,39+,41-/m1/s1. The zero-order valence-corrected chi connectivity index (χ0v) is 33.3. The maximum atomic E-state index is 14.8. The van der Waals surface area contributed by atoms with E-state index in [1.54, 1.807) is 14.2 Å². The molecule has 7 aliphatic rings. The average Bonchev–Trinajstić information content (AvgIpc) is 3.67. The number of carbonyl (C=O) groups is 2. The Bertz CT molecular complexity index is 2160. The number of methoxy groups -OCH3 is 2. The molecule has 2 saturated heterocycles. The number of ether oxygens (including phenoxy) is 7. The number of thioether (sulfide) groups is 1. The average molecular weight is 790 g/mol. The number of phenols is 1. The van der Waals surface area contributed by atoms with Gasteiger partial charge in [-0.1, -0.05) is 6.07 Å². The van der Waals surface area contributed by atoms with Crippen molar-refractivity contribution in [2.45, 2.75) is 81.7 Å². The van der Waals surface area contributed by atoms with E-state index >= 15 is 0 Å². The number of aromatic hydroxyl groups is 1. The number of aryl methyl sites for hydroxylation is 1. The molecule has 7 atom stereocenters. The molecule has 1 unspecified atom stereocenters. The Labute approximate surface area is 329 Å². The maximum absolute atomic E-state index is 14.8. The van der Waals surface area contributed by atoms with Crippen molar-refractivity contribution in [3.8, 4) is 40.2 Å². The highest BCUT2D eigenvalue weighted by atomic mass is 32.2. The second-order valence-corrected chi connectivity index (χ2v) is 16.5. The van der Waals surface area contributed by atoms with E-state index in [0.717, 1.165) is 22.3 Å². The first-order chi connectivity index (χ1) is 26.9. The van der Waals surface area contributed by atoms with Crippen molar-refractivity contribution < 1.29 is 53.0 Å². The van der Waals surface area contributed by atoms with Crippen molar-refractivity contribution in [3.05, 3.63) is 62.7 Å². The third-order valence-corrected chi connectivity index (χ3v) is 14.0. The zero-order chi connectivity index (χ0) is 39.4. The number of hydrogen-bond donors (Lipinski definition) is 3. The van der Waals surface area contributed by atoms with Gasteiger partial charge in [0, 0.05) is 47.5 Å². The summed E-state index contributed by atoms with van der Waals surface area (Å²) in [5, 5.41) is 27.7. The molecule has 0 aliphatic carbocycles. The summed E-state index contributed by atoms with van der Waals surface area (Å²) < 4.78 is 42.3. The molecular formula is C41H47N3O11S. The summed E-state index contributed by atoms with van der Waals surface area (Å²) in [7, 11) is 5.10. The molecule has 0 amide bonds. The van der Waals surface area contributed by atoms with Crippen molar-refractivity contribution in [2.75, 3.05) is 53.6 Å². The fraction of sp³-hybridized carbons (Fsp3) is 0.512. The largest absolute Gasteiger partial charge is 0.504 e. The van der Waals surface area contributed by atoms with Crippen LogP contribution in [0.2, 0.25) is 0 Å². The third kappa shape index (κ3) is 5.16. The number of carbonyl (C=O) groups excluding carboxylic acids is 2. The van der Waals surface area contributed by atoms with E-state index in [1.807, 2.05) is 50.9 Å². The summed E-state index contributed by atoms with van der Waals surface area (Å²) in [5.41, 5.74) is 4.76. The molecule has 298 valence electrons. The van der Waals surface area contributed by atoms with Crippen LogP contribution in [0.15, 0.2) is 18.2 Å². The predicted molar refractivity (Wildman–Crippen MR) is 204 cm³/mol. The van der Waals surface area contributed by atoms with Gasteiger partial charge in [-0.15, -0.1) is 11.8 Å². The van der Waals surface area contributed by atoms with Crippen LogP contribution < -0.4 is 33.7 Å². The predicted octanol–water partition coefficient (Wildman–Crippen LogP) is 4.11. The summed E-state index contributed by atoms with van der Waals surface area (Å²) in [4.78, 5) is 32.0. The first kappa shape index (κ1) is 37.2. The number of aliphatic hydroxyl groups is 1. The second-order valence-electron chi connectivity index (χ2n) is 15.3. The Morgan fingerprint density at radius 1 is 1.04 bits per heavy atom. The van der Waals surface area contributed by atoms with E-state index in [9.17, 15) is 19.8 Å². The van der Waals surface area contributed by atoms with Crippen LogP contribution in [0.25, 0.3) is 0 Å². The lowest BCUT2D eigenvalue weighted by Gasteiger charge is -2.62. The number of esters is 2. The lowest BCUT2D eigenvalue weighted by atomic mass is 9.73. The lowest BCUT2D eigenvalue weighted by molar-refractivity contribution is -0.186. The van der Waals surface area contributed by atoms with Crippen LogP contribution in [-0.2, 0) is 32.7 Å². The molecule has 56 heavy (non-hydrogen) atoms. The number of piperazine rings is 1. The summed E-state index contributed by atoms with van der Waals surface area (Å²) in [5.74, 6) is 2.03. The van der Waals surface area contributed by atoms with Crippen LogP contribution in [0.5, 0.6) is 40.2 Å². The van der Waals surface area contributed by atoms with Gasteiger partial charge < -0.3 is 43.4 Å². The van der Waals surface area contributed by atoms with Crippen LogP contribution in [0.4, 0.5) is 0 Å². The van der Waals surface area contributed by atoms with Gasteiger partial charge in [-0.3, -0.25) is 19.9 Å². The van der Waals surface area contributed by atoms with Crippen LogP contribution in [0.1, 0.15) is 75.7 Å². The first-order valence-electron chi connectivity index (χ1n) is 19.0. The molecule has 14 nitrogen and oxygen atoms in total. The number of nitrogens with zero attached hydrogens (tertiary/aromatic N) is 2. The number of fused-ring (bicyclic) bond motifs is 9. The van der Waals surface area contributed by atoms with E-state index in [-0.39, 0.29) is 30.9 Å². The second kappa shape index (κ2) is 13.6. The third-order valence-electron chi connectivity index (χ3n) is 12.6. The SMILES string of the molecule is CCOc1cc2c(cc1OC)[C@@]1(CS[C@@H]3c4c(OC(C)=O)c(C)c5c(c4[C@@H](COC1=O)N1C3[C@@H]3c4c(cc(C)c(OC)c4O)C[C@H]([C@@H]1O)N3C)OCO5)NCC2. The normalized spacial score (nSPS) is 28.8. The Morgan fingerprint density at radius 3 is 2.55 bits per heavy atom. The minimum Gasteiger partial charge on any atom is -0.504 e. The minimum atomic E-state index is -1.31. The molecular weight excluding hydrogens is 743 g/mol. The van der Waals surface area contributed by atoms with E-state index in [0.29, 0.717) is 82.7 Å². The van der Waals surface area contributed by atoms with Gasteiger partial charge in [0.25, 0.3) is 0 Å². The van der Waals surface area contributed by atoms with E-state index in [2.05, 4.69) is 10.2 Å². The number of benzene rings is 3. The highest BCUT2D eigenvalue weighted by Crippen LogP contribution is 2.64. The molecule has 7 heterocycles. The first-order valence-corrected chi connectivity index (χ1v) is 20.1. The smallest absolute Gasteiger partial charge is 0.331 e. The molecule has 7 aliphatic heterocycles. The summed E-state index contributed by atoms with van der Waals surface area (Å²) in [6.07, 6.45) is 0.0853. The number of aliphatic hydroxyl groups excluding tert-OH is 1. The monoisotopic (exact) mass is 789 g/mol. The molecule has 1 spiro atoms. The topological polar surface area (TPSA) is 158 Å². The Morgan fingerprint density at radius 2 is 1.82 bits per heavy atom. The van der Waals surface area contributed by atoms with Crippen molar-refractivity contribution in [1.82, 2.24) is 15.1 Å². The maximum Gasteiger partial charge on any atom is 0.331 e. The fourth-order valence-electron chi connectivity index (χ4n) is 10.2. The van der Waals surface area contributed by atoms with E-state index in [4.69, 9.17) is 33.2 Å². The van der Waals surface area contributed by atoms with Gasteiger partial charge >= 0.3 is 11.9 Å². The molecule has 10 rings (SSSR count). The highest BCUT2D eigenvalue weighted by molar-refractivity contribution is 7.99. The number of hydrogen-bond acceptors (Lipinski definition) is 15. The van der Waals surface area contributed by atoms with Gasteiger partial charge in [0.1, 0.15) is 18.6 Å². The molecule has 3 aromatic carbocycles. The van der Waals surface area contributed by atoms with Crippen LogP contribution >= 0.6 is 11.8 Å². The van der Waals surface area contributed by atoms with Gasteiger partial charge in [-0.05, 0) is 75.0 Å². The molecule has 2 fully saturated rings. The van der Waals surface area contributed by atoms with Crippen LogP contribution in [0, 0.1) is 13.8 Å². The van der Waals surface area contributed by atoms with E-state index < -0.39 is 47.1 Å². The number of nitrogens with one attached hydrogen (secondary N) is 1. The number of likely N-dealkylation sites (N-methyl/N-ethyl adjacent to an activating group) is 1. The van der Waals surface area contributed by atoms with Crippen LogP contribution in [0.3, 0.4) is 0 Å². The van der Waals surface area contributed by atoms with Gasteiger partial charge in [-0.2, -0.15) is 0 Å². The summed E-state index contributed by atoms with van der Waals surface area (Å²) in [6, 6.07) is 3.70. The Balaban J connectivity index is 1.30. The zero-order valence-electron chi connectivity index (χ0n) is 32.5. The minimum absolute atomic E-state index is 0.0494. The molecule has 0 aromatic heterocycles. The lowest BCUT2D eigenvalue weighted by Crippen LogP contribution is -2.70. The summed E-state index contributed by atoms with van der Waals surface area (Å²) in [6.45, 7) is 7.76. The van der Waals surface area contributed by atoms with Crippen molar-refractivity contribution in [2.24, 2.45) is 0 Å². The van der Waals surface area contributed by atoms with Crippen molar-refractivity contribution in [3.63, 3.8) is 0 Å². The molecule has 4 bridgehead atoms. The fourth-order valence-corrected chi connectivity index (χ4v) is 11.9. The van der Waals surface area contributed by atoms with Crippen LogP contribution in [-0.4, -0.2) is 104 Å². The number of phenolic OH excluding ortho intramolecular Hbond substituents is 1. The van der Waals surface area contributed by atoms with Crippen molar-refractivity contribution in [1.29, 1.82) is 0 Å². The Kier molecular flexibility index (Phi) is 9.04. The van der Waals surface area contributed by atoms with E-state index in [1.165, 1.54) is 18.7 Å². The molecule has 3 aromatic rings. The number of rotatable bonds is 5. The molecule has 3 N–H and O–H groups in total. The summed E-state index contributed by atoms with van der Waals surface area (Å²) >= 11 is 1.51. The Hall–Kier alpha value is -4.41. The molecule has 0 radical (unpaired) electrons. The van der Waals surface area contributed by atoms with Crippen molar-refractivity contribution >= 4 is 23.7 Å².